The summed E-state index contributed by atoms with van der Waals surface area (Å²) in [5.74, 6) is 2.53. The zero-order valence-corrected chi connectivity index (χ0v) is 54.7. The van der Waals surface area contributed by atoms with E-state index in [4.69, 9.17) is 19.9 Å². The maximum Gasteiger partial charge on any atom is 0.407 e. The van der Waals surface area contributed by atoms with Gasteiger partial charge in [-0.25, -0.2) is 14.2 Å². The first-order valence-electron chi connectivity index (χ1n) is 32.0. The van der Waals surface area contributed by atoms with Crippen molar-refractivity contribution in [3.8, 4) is 22.9 Å². The van der Waals surface area contributed by atoms with Crippen LogP contribution >= 0.6 is 12.4 Å². The molecule has 2 aliphatic rings. The summed E-state index contributed by atoms with van der Waals surface area (Å²) < 4.78 is 21.0. The molecule has 0 radical (unpaired) electrons. The summed E-state index contributed by atoms with van der Waals surface area (Å²) in [4.78, 5) is 39.5. The van der Waals surface area contributed by atoms with Crippen LogP contribution in [0.1, 0.15) is 135 Å². The molecule has 2 aliphatic carbocycles. The minimum Gasteiger partial charge on any atom is -0.489 e. The zero-order chi connectivity index (χ0) is 64.7. The van der Waals surface area contributed by atoms with Crippen molar-refractivity contribution in [1.82, 2.24) is 35.5 Å². The minimum absolute atomic E-state index is 0. The van der Waals surface area contributed by atoms with Gasteiger partial charge in [-0.1, -0.05) is 133 Å². The molecule has 2 heterocycles. The molecule has 16 nitrogen and oxygen atoms in total. The molecule has 2 atom stereocenters. The number of alkyl carbamates (subject to hydrolysis) is 1. The van der Waals surface area contributed by atoms with Crippen LogP contribution in [0.15, 0.2) is 218 Å². The molecule has 2 unspecified atom stereocenters. The molecule has 484 valence electrons. The van der Waals surface area contributed by atoms with E-state index in [0.717, 1.165) is 86.2 Å². The molecule has 2 fully saturated rings. The number of ether oxygens (including phenoxy) is 3. The molecule has 7 N–H and O–H groups in total. The quantitative estimate of drug-likeness (QED) is 0.0318. The first-order valence-corrected chi connectivity index (χ1v) is 32.0. The third-order valence-electron chi connectivity index (χ3n) is 16.0. The molecule has 0 aliphatic heterocycles. The fraction of sp³-hybridized carbons (Fsp3) is 0.260. The molecular weight excluding hydrogens is 1200 g/mol. The fourth-order valence-corrected chi connectivity index (χ4v) is 10.9. The van der Waals surface area contributed by atoms with Crippen LogP contribution in [0.5, 0.6) is 11.5 Å². The number of benzene rings is 8. The normalized spacial score (nSPS) is 13.3. The van der Waals surface area contributed by atoms with Gasteiger partial charge in [-0.05, 0) is 215 Å². The van der Waals surface area contributed by atoms with E-state index in [1.807, 2.05) is 180 Å². The molecule has 10 aromatic rings. The molecule has 12 rings (SSSR count). The van der Waals surface area contributed by atoms with Gasteiger partial charge in [0.25, 0.3) is 11.8 Å². The van der Waals surface area contributed by atoms with E-state index in [1.54, 1.807) is 21.5 Å². The number of nitrogens with two attached hydrogens (primary N) is 1. The Morgan fingerprint density at radius 1 is 0.500 bits per heavy atom. The number of hydrogen-bond donors (Lipinski definition) is 6. The Labute approximate surface area is 557 Å². The van der Waals surface area contributed by atoms with E-state index >= 15 is 0 Å². The highest BCUT2D eigenvalue weighted by Crippen LogP contribution is 2.34. The van der Waals surface area contributed by atoms with Crippen molar-refractivity contribution in [2.24, 2.45) is 17.6 Å². The molecule has 0 saturated heterocycles. The summed E-state index contributed by atoms with van der Waals surface area (Å²) in [6, 6.07) is 71.6. The van der Waals surface area contributed by atoms with Gasteiger partial charge in [-0.2, -0.15) is 10.2 Å². The monoisotopic (exact) mass is 1280 g/mol. The number of aromatic nitrogens is 4. The van der Waals surface area contributed by atoms with Gasteiger partial charge in [0.1, 0.15) is 41.7 Å². The Bertz CT molecular complexity index is 4160. The second kappa shape index (κ2) is 31.7. The van der Waals surface area contributed by atoms with Crippen LogP contribution in [-0.4, -0.2) is 56.2 Å². The van der Waals surface area contributed by atoms with Gasteiger partial charge in [-0.3, -0.25) is 9.59 Å². The first-order chi connectivity index (χ1) is 45.1. The zero-order valence-electron chi connectivity index (χ0n) is 53.9. The Morgan fingerprint density at radius 3 is 1.34 bits per heavy atom. The van der Waals surface area contributed by atoms with E-state index in [9.17, 15) is 14.4 Å². The SMILES string of the molecule is Cc1cc(C(=O)Nc2cccc(C(NCC3CC3)c3cccc(OCc4ccccc4)c3)c2)n(-c2cccc(CN)c2)n1.Cc1cc(C(=O)Nc2cccc(C(NCC3CC3)c3cccc(OCc4ccccc4)c3)c2)n(-c2cccc(CNC(=O)OC(C)(C)C)c2)n1.Cl. The number of aryl methyl sites for hydroxylation is 2. The van der Waals surface area contributed by atoms with Crippen LogP contribution in [0.2, 0.25) is 0 Å². The van der Waals surface area contributed by atoms with Gasteiger partial charge in [0, 0.05) is 24.5 Å². The van der Waals surface area contributed by atoms with Crippen molar-refractivity contribution in [1.29, 1.82) is 0 Å². The lowest BCUT2D eigenvalue weighted by Crippen LogP contribution is -2.32. The maximum atomic E-state index is 13.8. The summed E-state index contributed by atoms with van der Waals surface area (Å²) in [6.07, 6.45) is 4.52. The second-order valence-electron chi connectivity index (χ2n) is 25.0. The summed E-state index contributed by atoms with van der Waals surface area (Å²) in [5.41, 5.74) is 18.9. The van der Waals surface area contributed by atoms with Gasteiger partial charge in [-0.15, -0.1) is 12.4 Å². The fourth-order valence-electron chi connectivity index (χ4n) is 10.9. The average Bonchev–Trinajstić information content (AvgIpc) is 1.85. The second-order valence-corrected chi connectivity index (χ2v) is 25.0. The lowest BCUT2D eigenvalue weighted by molar-refractivity contribution is 0.0523. The first kappa shape index (κ1) is 67.1. The topological polar surface area (TPSA) is 201 Å². The number of rotatable bonds is 25. The van der Waals surface area contributed by atoms with Crippen LogP contribution < -0.4 is 41.8 Å². The Kier molecular flexibility index (Phi) is 22.6. The lowest BCUT2D eigenvalue weighted by Gasteiger charge is -2.21. The largest absolute Gasteiger partial charge is 0.489 e. The van der Waals surface area contributed by atoms with Crippen molar-refractivity contribution in [2.45, 2.75) is 104 Å². The Balaban J connectivity index is 0.000000205. The highest BCUT2D eigenvalue weighted by molar-refractivity contribution is 6.04. The molecule has 2 aromatic heterocycles. The number of amides is 3. The molecule has 94 heavy (non-hydrogen) atoms. The smallest absolute Gasteiger partial charge is 0.407 e. The summed E-state index contributed by atoms with van der Waals surface area (Å²) in [7, 11) is 0. The Morgan fingerprint density at radius 2 is 0.904 bits per heavy atom. The molecule has 3 amide bonds. The number of nitrogens with zero attached hydrogens (tertiary/aromatic N) is 4. The van der Waals surface area contributed by atoms with E-state index in [0.29, 0.717) is 60.1 Å². The van der Waals surface area contributed by atoms with Crippen LogP contribution in [-0.2, 0) is 31.0 Å². The third kappa shape index (κ3) is 19.1. The maximum absolute atomic E-state index is 13.8. The van der Waals surface area contributed by atoms with E-state index in [-0.39, 0.29) is 42.8 Å². The average molecular weight is 1280 g/mol. The van der Waals surface area contributed by atoms with Crippen LogP contribution in [0.4, 0.5) is 16.2 Å². The number of anilines is 2. The van der Waals surface area contributed by atoms with E-state index in [2.05, 4.69) is 97.4 Å². The van der Waals surface area contributed by atoms with Crippen molar-refractivity contribution in [3.63, 3.8) is 0 Å². The predicted molar refractivity (Wildman–Crippen MR) is 373 cm³/mol. The predicted octanol–water partition coefficient (Wildman–Crippen LogP) is 15.1. The third-order valence-corrected chi connectivity index (χ3v) is 16.0. The molecule has 0 bridgehead atoms. The van der Waals surface area contributed by atoms with Gasteiger partial charge in [0.15, 0.2) is 0 Å². The minimum atomic E-state index is -0.586. The van der Waals surface area contributed by atoms with E-state index < -0.39 is 11.7 Å². The highest BCUT2D eigenvalue weighted by atomic mass is 35.5. The summed E-state index contributed by atoms with van der Waals surface area (Å²) in [6.45, 7) is 12.8. The number of carbonyl (C=O) groups is 3. The van der Waals surface area contributed by atoms with Crippen LogP contribution in [0.25, 0.3) is 11.4 Å². The molecule has 2 saturated carbocycles. The molecule has 8 aromatic carbocycles. The summed E-state index contributed by atoms with van der Waals surface area (Å²) >= 11 is 0. The summed E-state index contributed by atoms with van der Waals surface area (Å²) in [5, 5.41) is 25.8. The molecule has 0 spiro atoms. The van der Waals surface area contributed by atoms with Gasteiger partial charge in [0.05, 0.1) is 34.8 Å². The van der Waals surface area contributed by atoms with Crippen LogP contribution in [0, 0.1) is 25.7 Å². The van der Waals surface area contributed by atoms with Crippen LogP contribution in [0.3, 0.4) is 0 Å². The van der Waals surface area contributed by atoms with Crippen molar-refractivity contribution in [3.05, 3.63) is 286 Å². The standard InChI is InChI=1S/C41H45N5O4.C36H37N5O2.ClH/c1-28-21-37(46(45-28)35-17-8-13-31(22-35)26-43-40(48)50-41(2,3)4)39(47)44-34-16-9-14-32(23-34)38(42-25-29-19-20-29)33-15-10-18-36(24-33)49-27-30-11-6-5-7-12-30;1-25-18-34(41(40-25)32-14-5-10-28(19-32)22-37)36(42)39-31-13-6-11-29(20-31)35(38-23-26-16-17-26)30-12-7-15-33(21-30)43-24-27-8-3-2-4-9-27;/h5-18,21-24,29,38,42H,19-20,25-27H2,1-4H3,(H,43,48)(H,44,47);2-15,18-21,26,35,38H,16-17,22-24,37H2,1H3,(H,39,42);1H. The number of hydrogen-bond acceptors (Lipinski definition) is 11. The van der Waals surface area contributed by atoms with Crippen molar-refractivity contribution >= 4 is 41.7 Å². The van der Waals surface area contributed by atoms with Crippen molar-refractivity contribution in [2.75, 3.05) is 23.7 Å². The van der Waals surface area contributed by atoms with Crippen molar-refractivity contribution < 1.29 is 28.6 Å². The highest BCUT2D eigenvalue weighted by Gasteiger charge is 2.27. The van der Waals surface area contributed by atoms with Gasteiger partial charge < -0.3 is 46.5 Å². The van der Waals surface area contributed by atoms with E-state index in [1.165, 1.54) is 25.7 Å². The molecule has 17 heteroatoms. The van der Waals surface area contributed by atoms with Gasteiger partial charge in [0.2, 0.25) is 0 Å². The number of nitrogens with one attached hydrogen (secondary N) is 5. The lowest BCUT2D eigenvalue weighted by atomic mass is 9.97. The number of carbonyl (C=O) groups excluding carboxylic acids is 3. The number of halogens is 1. The molecular formula is C77H83ClN10O6. The Hall–Kier alpha value is -9.84. The van der Waals surface area contributed by atoms with Gasteiger partial charge >= 0.3 is 6.09 Å².